The number of anilines is 1. The first-order valence-corrected chi connectivity index (χ1v) is 5.32. The Labute approximate surface area is 101 Å². The molecule has 1 rings (SSSR count). The van der Waals surface area contributed by atoms with Crippen LogP contribution in [-0.2, 0) is 4.79 Å². The molecule has 5 heteroatoms. The quantitative estimate of drug-likeness (QED) is 0.468. The van der Waals surface area contributed by atoms with Gasteiger partial charge in [0.05, 0.1) is 0 Å². The Morgan fingerprint density at radius 3 is 2.06 bits per heavy atom. The van der Waals surface area contributed by atoms with Crippen molar-refractivity contribution in [1.82, 2.24) is 0 Å². The Morgan fingerprint density at radius 2 is 1.88 bits per heavy atom. The van der Waals surface area contributed by atoms with Crippen LogP contribution in [0, 0.1) is 5.92 Å². The first kappa shape index (κ1) is 14.8. The highest BCUT2D eigenvalue weighted by Crippen LogP contribution is 2.13. The molecule has 0 fully saturated rings. The van der Waals surface area contributed by atoms with Gasteiger partial charge in [0.15, 0.2) is 0 Å². The molecule has 0 saturated heterocycles. The second-order valence-corrected chi connectivity index (χ2v) is 4.15. The minimum Gasteiger partial charge on any atom is -0.480 e. The number of nitrogen functional groups attached to an aromatic ring is 1. The molecule has 16 heavy (non-hydrogen) atoms. The van der Waals surface area contributed by atoms with Gasteiger partial charge < -0.3 is 16.6 Å². The molecule has 0 aliphatic rings. The van der Waals surface area contributed by atoms with Crippen molar-refractivity contribution in [3.05, 3.63) is 24.3 Å². The topological polar surface area (TPSA) is 89.3 Å². The van der Waals surface area contributed by atoms with Crippen molar-refractivity contribution in [2.24, 2.45) is 11.7 Å². The monoisotopic (exact) mass is 242 g/mol. The normalized spacial score (nSPS) is 11.6. The Balaban J connectivity index is 0.000000281. The number of rotatable bonds is 2. The number of benzene rings is 1. The molecule has 0 aliphatic carbocycles. The fraction of sp³-hybridized carbons (Fsp3) is 0.364. The molecular formula is C11H18N2O2S. The van der Waals surface area contributed by atoms with E-state index in [0.717, 1.165) is 10.6 Å². The van der Waals surface area contributed by atoms with E-state index < -0.39 is 12.0 Å². The van der Waals surface area contributed by atoms with Gasteiger partial charge in [-0.2, -0.15) is 0 Å². The highest BCUT2D eigenvalue weighted by Gasteiger charge is 2.14. The Bertz CT molecular complexity index is 322. The lowest BCUT2D eigenvalue weighted by Gasteiger charge is -2.07. The van der Waals surface area contributed by atoms with Crippen LogP contribution >= 0.6 is 12.6 Å². The minimum atomic E-state index is -0.931. The van der Waals surface area contributed by atoms with Crippen molar-refractivity contribution >= 4 is 24.3 Å². The van der Waals surface area contributed by atoms with Crippen molar-refractivity contribution in [2.45, 2.75) is 24.8 Å². The molecule has 4 nitrogen and oxygen atoms in total. The van der Waals surface area contributed by atoms with E-state index in [2.05, 4.69) is 12.6 Å². The molecule has 0 radical (unpaired) electrons. The van der Waals surface area contributed by atoms with E-state index in [4.69, 9.17) is 16.6 Å². The average molecular weight is 242 g/mol. The molecule has 0 amide bonds. The van der Waals surface area contributed by atoms with E-state index in [-0.39, 0.29) is 5.92 Å². The van der Waals surface area contributed by atoms with Gasteiger partial charge in [0.25, 0.3) is 0 Å². The molecule has 0 saturated carbocycles. The molecule has 0 heterocycles. The summed E-state index contributed by atoms with van der Waals surface area (Å²) in [5, 5.41) is 8.23. The number of carboxylic acid groups (broad SMARTS) is 1. The summed E-state index contributed by atoms with van der Waals surface area (Å²) < 4.78 is 0. The van der Waals surface area contributed by atoms with E-state index in [1.54, 1.807) is 13.8 Å². The third-order valence-corrected chi connectivity index (χ3v) is 2.35. The number of para-hydroxylation sites is 1. The van der Waals surface area contributed by atoms with Gasteiger partial charge in [-0.1, -0.05) is 26.0 Å². The molecule has 1 atom stereocenters. The van der Waals surface area contributed by atoms with Gasteiger partial charge in [0, 0.05) is 10.6 Å². The van der Waals surface area contributed by atoms with Crippen LogP contribution < -0.4 is 11.5 Å². The molecule has 5 N–H and O–H groups in total. The summed E-state index contributed by atoms with van der Waals surface area (Å²) in [6, 6.07) is 6.75. The van der Waals surface area contributed by atoms with Crippen molar-refractivity contribution in [3.8, 4) is 0 Å². The lowest BCUT2D eigenvalue weighted by Crippen LogP contribution is -2.34. The third-order valence-electron chi connectivity index (χ3n) is 1.94. The molecule has 0 aromatic heterocycles. The van der Waals surface area contributed by atoms with Crippen molar-refractivity contribution in [1.29, 1.82) is 0 Å². The second-order valence-electron chi connectivity index (χ2n) is 3.67. The van der Waals surface area contributed by atoms with Crippen molar-refractivity contribution < 1.29 is 9.90 Å². The Kier molecular flexibility index (Phi) is 6.60. The predicted octanol–water partition coefficient (Wildman–Crippen LogP) is 1.61. The molecule has 90 valence electrons. The zero-order chi connectivity index (χ0) is 12.7. The maximum absolute atomic E-state index is 10.0. The highest BCUT2D eigenvalue weighted by molar-refractivity contribution is 7.80. The van der Waals surface area contributed by atoms with E-state index in [0.29, 0.717) is 0 Å². The Morgan fingerprint density at radius 1 is 1.38 bits per heavy atom. The summed E-state index contributed by atoms with van der Waals surface area (Å²) in [6.45, 7) is 3.55. The summed E-state index contributed by atoms with van der Waals surface area (Å²) in [4.78, 5) is 10.9. The third kappa shape index (κ3) is 5.63. The molecule has 0 bridgehead atoms. The number of thiol groups is 1. The number of hydrogen-bond donors (Lipinski definition) is 4. The summed E-state index contributed by atoms with van der Waals surface area (Å²) in [5.74, 6) is -0.910. The maximum Gasteiger partial charge on any atom is 0.320 e. The van der Waals surface area contributed by atoms with Gasteiger partial charge in [-0.3, -0.25) is 4.79 Å². The first-order valence-electron chi connectivity index (χ1n) is 4.88. The average Bonchev–Trinajstić information content (AvgIpc) is 2.22. The van der Waals surface area contributed by atoms with Crippen LogP contribution in [0.2, 0.25) is 0 Å². The summed E-state index contributed by atoms with van der Waals surface area (Å²) in [6.07, 6.45) is 0. The maximum atomic E-state index is 10.0. The molecular weight excluding hydrogens is 224 g/mol. The van der Waals surface area contributed by atoms with E-state index in [1.807, 2.05) is 24.3 Å². The van der Waals surface area contributed by atoms with Crippen LogP contribution in [0.1, 0.15) is 13.8 Å². The van der Waals surface area contributed by atoms with Gasteiger partial charge in [0.2, 0.25) is 0 Å². The second kappa shape index (κ2) is 7.14. The number of aliphatic carboxylic acids is 1. The van der Waals surface area contributed by atoms with Crippen molar-refractivity contribution in [2.75, 3.05) is 5.73 Å². The number of hydrogen-bond acceptors (Lipinski definition) is 4. The van der Waals surface area contributed by atoms with Crippen molar-refractivity contribution in [3.63, 3.8) is 0 Å². The van der Waals surface area contributed by atoms with Crippen LogP contribution in [0.4, 0.5) is 5.69 Å². The molecule has 1 aromatic carbocycles. The molecule has 0 unspecified atom stereocenters. The van der Waals surface area contributed by atoms with Crippen LogP contribution in [0.3, 0.4) is 0 Å². The minimum absolute atomic E-state index is 0.0208. The molecule has 0 aliphatic heterocycles. The van der Waals surface area contributed by atoms with Crippen LogP contribution in [-0.4, -0.2) is 17.1 Å². The summed E-state index contributed by atoms with van der Waals surface area (Å²) in [7, 11) is 0. The summed E-state index contributed by atoms with van der Waals surface area (Å²) in [5.41, 5.74) is 11.3. The fourth-order valence-corrected chi connectivity index (χ4v) is 0.933. The molecule has 0 spiro atoms. The first-order chi connectivity index (χ1) is 7.36. The van der Waals surface area contributed by atoms with Crippen LogP contribution in [0.25, 0.3) is 0 Å². The smallest absolute Gasteiger partial charge is 0.320 e. The number of carboxylic acids is 1. The Hall–Kier alpha value is -1.20. The van der Waals surface area contributed by atoms with Crippen LogP contribution in [0.15, 0.2) is 29.2 Å². The van der Waals surface area contributed by atoms with Gasteiger partial charge in [-0.05, 0) is 18.1 Å². The zero-order valence-electron chi connectivity index (χ0n) is 9.42. The largest absolute Gasteiger partial charge is 0.480 e. The van der Waals surface area contributed by atoms with Gasteiger partial charge in [-0.15, -0.1) is 12.6 Å². The molecule has 1 aromatic rings. The van der Waals surface area contributed by atoms with Crippen LogP contribution in [0.5, 0.6) is 0 Å². The highest BCUT2D eigenvalue weighted by atomic mass is 32.1. The fourth-order valence-electron chi connectivity index (χ4n) is 0.773. The lowest BCUT2D eigenvalue weighted by atomic mass is 10.1. The number of nitrogens with two attached hydrogens (primary N) is 2. The van der Waals surface area contributed by atoms with E-state index in [9.17, 15) is 4.79 Å². The zero-order valence-corrected chi connectivity index (χ0v) is 10.3. The van der Waals surface area contributed by atoms with Gasteiger partial charge in [-0.25, -0.2) is 0 Å². The van der Waals surface area contributed by atoms with Gasteiger partial charge >= 0.3 is 5.97 Å². The van der Waals surface area contributed by atoms with E-state index >= 15 is 0 Å². The lowest BCUT2D eigenvalue weighted by molar-refractivity contribution is -0.139. The predicted molar refractivity (Wildman–Crippen MR) is 68.6 cm³/mol. The van der Waals surface area contributed by atoms with Gasteiger partial charge in [0.1, 0.15) is 6.04 Å². The van der Waals surface area contributed by atoms with E-state index in [1.165, 1.54) is 0 Å². The SMILES string of the molecule is CC(C)[C@H](N)C(=O)O.Nc1ccccc1S. The number of carbonyl (C=O) groups is 1. The summed E-state index contributed by atoms with van der Waals surface area (Å²) >= 11 is 4.07. The standard InChI is InChI=1S/C6H7NS.C5H11NO2/c7-5-3-1-2-4-6(5)8;1-3(2)4(6)5(7)8/h1-4,8H,7H2;3-4H,6H2,1-2H3,(H,7,8)/t;4-/m.0/s1.